The van der Waals surface area contributed by atoms with Crippen molar-refractivity contribution in [2.75, 3.05) is 11.9 Å². The first kappa shape index (κ1) is 12.8. The molecule has 0 fully saturated rings. The van der Waals surface area contributed by atoms with E-state index in [-0.39, 0.29) is 0 Å². The molecule has 0 radical (unpaired) electrons. The molecular weight excluding hydrogens is 292 g/mol. The fourth-order valence-electron chi connectivity index (χ4n) is 1.76. The lowest BCUT2D eigenvalue weighted by molar-refractivity contribution is 0.112. The summed E-state index contributed by atoms with van der Waals surface area (Å²) in [7, 11) is 2.01. The molecule has 0 saturated carbocycles. The molecule has 0 aliphatic carbocycles. The number of carbonyl (C=O) groups excluding carboxylic acids is 1. The predicted molar refractivity (Wildman–Crippen MR) is 75.9 cm³/mol. The van der Waals surface area contributed by atoms with Crippen LogP contribution in [0.25, 0.3) is 0 Å². The number of hydrogen-bond acceptors (Lipinski definition) is 3. The zero-order chi connectivity index (χ0) is 13.0. The Bertz CT molecular complexity index is 543. The van der Waals surface area contributed by atoms with Crippen LogP contribution in [-0.2, 0) is 6.54 Å². The van der Waals surface area contributed by atoms with E-state index >= 15 is 0 Å². The number of anilines is 1. The Kier molecular flexibility index (Phi) is 4.10. The Hall–Kier alpha value is -1.68. The predicted octanol–water partition coefficient (Wildman–Crippen LogP) is 3.29. The highest BCUT2D eigenvalue weighted by Gasteiger charge is 2.07. The Morgan fingerprint density at radius 1 is 1.39 bits per heavy atom. The maximum atomic E-state index is 10.7. The van der Waals surface area contributed by atoms with E-state index in [0.29, 0.717) is 5.56 Å². The van der Waals surface area contributed by atoms with Crippen LogP contribution in [-0.4, -0.2) is 18.3 Å². The molecule has 18 heavy (non-hydrogen) atoms. The van der Waals surface area contributed by atoms with Gasteiger partial charge in [0.05, 0.1) is 5.69 Å². The minimum absolute atomic E-state index is 0.667. The molecule has 0 N–H and O–H groups in total. The van der Waals surface area contributed by atoms with Gasteiger partial charge in [-0.05, 0) is 45.8 Å². The van der Waals surface area contributed by atoms with Crippen molar-refractivity contribution in [1.82, 2.24) is 4.98 Å². The fourth-order valence-corrected chi connectivity index (χ4v) is 2.46. The van der Waals surface area contributed by atoms with E-state index < -0.39 is 0 Å². The molecule has 0 amide bonds. The van der Waals surface area contributed by atoms with Crippen molar-refractivity contribution < 1.29 is 4.79 Å². The number of halogens is 1. The molecule has 2 aromatic rings. The molecule has 0 atom stereocenters. The summed E-state index contributed by atoms with van der Waals surface area (Å²) in [6.45, 7) is 0.771. The van der Waals surface area contributed by atoms with Crippen molar-refractivity contribution in [3.8, 4) is 0 Å². The van der Waals surface area contributed by atoms with E-state index in [1.807, 2.05) is 43.6 Å². The van der Waals surface area contributed by atoms with Gasteiger partial charge in [-0.15, -0.1) is 0 Å². The third kappa shape index (κ3) is 2.96. The average Bonchev–Trinajstić information content (AvgIpc) is 2.39. The molecule has 1 aromatic heterocycles. The molecule has 1 aromatic carbocycles. The molecule has 0 aliphatic rings. The lowest BCUT2D eigenvalue weighted by Gasteiger charge is -2.20. The minimum atomic E-state index is 0.667. The number of carbonyl (C=O) groups is 1. The molecular formula is C14H13BrN2O. The SMILES string of the molecule is CN(Cc1cccnc1)c1ccc(C=O)cc1Br. The molecule has 3 nitrogen and oxygen atoms in total. The second kappa shape index (κ2) is 5.78. The zero-order valence-corrected chi connectivity index (χ0v) is 11.6. The molecule has 92 valence electrons. The molecule has 0 spiro atoms. The highest BCUT2D eigenvalue weighted by atomic mass is 79.9. The smallest absolute Gasteiger partial charge is 0.150 e. The third-order valence-corrected chi connectivity index (χ3v) is 3.30. The highest BCUT2D eigenvalue weighted by molar-refractivity contribution is 9.10. The van der Waals surface area contributed by atoms with Crippen LogP contribution in [0.3, 0.4) is 0 Å². The maximum absolute atomic E-state index is 10.7. The van der Waals surface area contributed by atoms with E-state index in [9.17, 15) is 4.79 Å². The number of rotatable bonds is 4. The number of pyridine rings is 1. The summed E-state index contributed by atoms with van der Waals surface area (Å²) < 4.78 is 0.915. The molecule has 2 rings (SSSR count). The molecule has 4 heteroatoms. The molecule has 0 aliphatic heterocycles. The third-order valence-electron chi connectivity index (χ3n) is 2.66. The van der Waals surface area contributed by atoms with Gasteiger partial charge in [-0.3, -0.25) is 9.78 Å². The first-order valence-corrected chi connectivity index (χ1v) is 6.35. The van der Waals surface area contributed by atoms with E-state index in [4.69, 9.17) is 0 Å². The minimum Gasteiger partial charge on any atom is -0.369 e. The summed E-state index contributed by atoms with van der Waals surface area (Å²) in [6.07, 6.45) is 4.46. The van der Waals surface area contributed by atoms with Gasteiger partial charge >= 0.3 is 0 Å². The lowest BCUT2D eigenvalue weighted by atomic mass is 10.2. The van der Waals surface area contributed by atoms with E-state index in [1.54, 1.807) is 6.20 Å². The highest BCUT2D eigenvalue weighted by Crippen LogP contribution is 2.27. The van der Waals surface area contributed by atoms with Gasteiger partial charge in [0.25, 0.3) is 0 Å². The number of benzene rings is 1. The molecule has 1 heterocycles. The number of nitrogens with zero attached hydrogens (tertiary/aromatic N) is 2. The summed E-state index contributed by atoms with van der Waals surface area (Å²) in [4.78, 5) is 16.9. The van der Waals surface area contributed by atoms with Crippen LogP contribution in [0.1, 0.15) is 15.9 Å². The summed E-state index contributed by atoms with van der Waals surface area (Å²) in [5.74, 6) is 0. The van der Waals surface area contributed by atoms with Gasteiger partial charge in [-0.2, -0.15) is 0 Å². The van der Waals surface area contributed by atoms with Crippen LogP contribution in [0.15, 0.2) is 47.2 Å². The second-order valence-electron chi connectivity index (χ2n) is 4.05. The molecule has 0 unspecified atom stereocenters. The first-order valence-electron chi connectivity index (χ1n) is 5.55. The van der Waals surface area contributed by atoms with Crippen LogP contribution in [0.4, 0.5) is 5.69 Å². The Morgan fingerprint density at radius 3 is 2.83 bits per heavy atom. The van der Waals surface area contributed by atoms with E-state index in [0.717, 1.165) is 28.6 Å². The van der Waals surface area contributed by atoms with Gasteiger partial charge in [0.1, 0.15) is 6.29 Å². The summed E-state index contributed by atoms with van der Waals surface area (Å²) >= 11 is 3.49. The number of aromatic nitrogens is 1. The fraction of sp³-hybridized carbons (Fsp3) is 0.143. The van der Waals surface area contributed by atoms with Crippen molar-refractivity contribution >= 4 is 27.9 Å². The summed E-state index contributed by atoms with van der Waals surface area (Å²) in [5, 5.41) is 0. The van der Waals surface area contributed by atoms with Crippen LogP contribution in [0.2, 0.25) is 0 Å². The monoisotopic (exact) mass is 304 g/mol. The van der Waals surface area contributed by atoms with Crippen LogP contribution in [0, 0.1) is 0 Å². The quantitative estimate of drug-likeness (QED) is 0.813. The first-order chi connectivity index (χ1) is 8.70. The van der Waals surface area contributed by atoms with Crippen molar-refractivity contribution in [3.63, 3.8) is 0 Å². The summed E-state index contributed by atoms with van der Waals surface area (Å²) in [6, 6.07) is 9.53. The largest absolute Gasteiger partial charge is 0.369 e. The van der Waals surface area contributed by atoms with E-state index in [2.05, 4.69) is 25.8 Å². The van der Waals surface area contributed by atoms with Crippen LogP contribution in [0.5, 0.6) is 0 Å². The lowest BCUT2D eigenvalue weighted by Crippen LogP contribution is -2.17. The van der Waals surface area contributed by atoms with Crippen molar-refractivity contribution in [2.45, 2.75) is 6.54 Å². The van der Waals surface area contributed by atoms with Gasteiger partial charge in [0.15, 0.2) is 0 Å². The van der Waals surface area contributed by atoms with Gasteiger partial charge in [0, 0.05) is 36.0 Å². The van der Waals surface area contributed by atoms with Gasteiger partial charge < -0.3 is 4.90 Å². The zero-order valence-electron chi connectivity index (χ0n) is 10.0. The van der Waals surface area contributed by atoms with Crippen LogP contribution < -0.4 is 4.90 Å². The van der Waals surface area contributed by atoms with Gasteiger partial charge in [0.2, 0.25) is 0 Å². The van der Waals surface area contributed by atoms with Crippen LogP contribution >= 0.6 is 15.9 Å². The van der Waals surface area contributed by atoms with Crippen molar-refractivity contribution in [2.24, 2.45) is 0 Å². The number of aldehydes is 1. The van der Waals surface area contributed by atoms with E-state index in [1.165, 1.54) is 0 Å². The van der Waals surface area contributed by atoms with Gasteiger partial charge in [-0.25, -0.2) is 0 Å². The molecule has 0 saturated heterocycles. The van der Waals surface area contributed by atoms with Gasteiger partial charge in [-0.1, -0.05) is 6.07 Å². The second-order valence-corrected chi connectivity index (χ2v) is 4.90. The Labute approximate surface area is 115 Å². The van der Waals surface area contributed by atoms with Crippen molar-refractivity contribution in [1.29, 1.82) is 0 Å². The maximum Gasteiger partial charge on any atom is 0.150 e. The standard InChI is InChI=1S/C14H13BrN2O/c1-17(9-12-3-2-6-16-8-12)14-5-4-11(10-18)7-13(14)15/h2-8,10H,9H2,1H3. The number of hydrogen-bond donors (Lipinski definition) is 0. The molecule has 0 bridgehead atoms. The normalized spacial score (nSPS) is 10.1. The topological polar surface area (TPSA) is 33.2 Å². The Balaban J connectivity index is 2.19. The summed E-state index contributed by atoms with van der Waals surface area (Å²) in [5.41, 5.74) is 2.86. The van der Waals surface area contributed by atoms with Crippen molar-refractivity contribution in [3.05, 3.63) is 58.3 Å². The average molecular weight is 305 g/mol. The Morgan fingerprint density at radius 2 is 2.22 bits per heavy atom.